The molecular weight excluding hydrogens is 94.8 g/mol. The summed E-state index contributed by atoms with van der Waals surface area (Å²) in [4.78, 5) is 0. The van der Waals surface area contributed by atoms with Crippen LogP contribution in [0.5, 0.6) is 0 Å². The summed E-state index contributed by atoms with van der Waals surface area (Å²) in [7, 11) is -2.17. The monoisotopic (exact) mass is 100 g/mol. The van der Waals surface area contributed by atoms with Crippen molar-refractivity contribution >= 4 is 7.32 Å². The molecule has 7 heavy (non-hydrogen) atoms. The van der Waals surface area contributed by atoms with Crippen LogP contribution in [0.4, 0.5) is 0 Å². The lowest BCUT2D eigenvalue weighted by atomic mass is 10.3. The van der Waals surface area contributed by atoms with Crippen LogP contribution in [0.25, 0.3) is 0 Å². The van der Waals surface area contributed by atoms with E-state index in [9.17, 15) is 10.0 Å². The van der Waals surface area contributed by atoms with Crippen molar-refractivity contribution in [3.63, 3.8) is 0 Å². The minimum atomic E-state index is -2.17. The molecule has 0 spiro atoms. The molecule has 0 rings (SSSR count). The Labute approximate surface area is 42.4 Å². The van der Waals surface area contributed by atoms with Crippen molar-refractivity contribution in [1.82, 2.24) is 0 Å². The minimum Gasteiger partial charge on any atom is -0.871 e. The molecule has 40 valence electrons. The van der Waals surface area contributed by atoms with Crippen molar-refractivity contribution in [1.29, 1.82) is 0 Å². The lowest BCUT2D eigenvalue weighted by molar-refractivity contribution is -0.380. The van der Waals surface area contributed by atoms with E-state index >= 15 is 0 Å². The summed E-state index contributed by atoms with van der Waals surface area (Å²) >= 11 is 0. The van der Waals surface area contributed by atoms with E-state index in [2.05, 4.69) is 11.2 Å². The fourth-order valence-electron chi connectivity index (χ4n) is 0.147. The molecule has 4 heteroatoms. The Kier molecular flexibility index (Phi) is 3.69. The van der Waals surface area contributed by atoms with Gasteiger partial charge in [0.15, 0.2) is 0 Å². The Hall–Kier alpha value is -0.315. The van der Waals surface area contributed by atoms with Gasteiger partial charge in [-0.2, -0.15) is 0 Å². The van der Waals surface area contributed by atoms with E-state index in [1.165, 1.54) is 6.08 Å². The van der Waals surface area contributed by atoms with Gasteiger partial charge in [0, 0.05) is 6.61 Å². The maximum absolute atomic E-state index is 9.46. The third-order valence-electron chi connectivity index (χ3n) is 0.350. The van der Waals surface area contributed by atoms with Gasteiger partial charge in [0.25, 0.3) is 0 Å². The molecule has 0 fully saturated rings. The molecule has 0 N–H and O–H groups in total. The van der Waals surface area contributed by atoms with Crippen molar-refractivity contribution < 1.29 is 14.7 Å². The van der Waals surface area contributed by atoms with E-state index < -0.39 is 7.32 Å². The molecule has 0 aliphatic carbocycles. The number of hydrogen-bond acceptors (Lipinski definition) is 3. The smallest absolute Gasteiger partial charge is 0.0608 e. The molecule has 0 aromatic heterocycles. The Balaban J connectivity index is 2.81. The Bertz CT molecular complexity index is 54.1. The van der Waals surface area contributed by atoms with Crippen LogP contribution in [-0.2, 0) is 4.65 Å². The summed E-state index contributed by atoms with van der Waals surface area (Å²) in [6, 6.07) is 0. The minimum absolute atomic E-state index is 0.0394. The van der Waals surface area contributed by atoms with Gasteiger partial charge < -0.3 is 14.7 Å². The predicted octanol–water partition coefficient (Wildman–Crippen LogP) is -2.11. The SMILES string of the molecule is C=CCOB([O-])[O-]. The molecule has 0 radical (unpaired) electrons. The van der Waals surface area contributed by atoms with Crippen molar-refractivity contribution in [3.8, 4) is 0 Å². The molecule has 0 bridgehead atoms. The molecule has 0 aromatic carbocycles. The molecular formula is C3H5BO3-2. The normalized spacial score (nSPS) is 8.29. The Morgan fingerprint density at radius 1 is 1.71 bits per heavy atom. The first-order valence-corrected chi connectivity index (χ1v) is 1.81. The van der Waals surface area contributed by atoms with E-state index in [-0.39, 0.29) is 6.61 Å². The van der Waals surface area contributed by atoms with E-state index in [1.807, 2.05) is 0 Å². The molecule has 0 unspecified atom stereocenters. The topological polar surface area (TPSA) is 55.3 Å². The highest BCUT2D eigenvalue weighted by atomic mass is 16.6. The third-order valence-corrected chi connectivity index (χ3v) is 0.350. The summed E-state index contributed by atoms with van der Waals surface area (Å²) in [5.41, 5.74) is 0. The lowest BCUT2D eigenvalue weighted by Crippen LogP contribution is -2.47. The van der Waals surface area contributed by atoms with Gasteiger partial charge in [0.2, 0.25) is 0 Å². The lowest BCUT2D eigenvalue weighted by Gasteiger charge is -2.24. The van der Waals surface area contributed by atoms with Gasteiger partial charge in [0.05, 0.1) is 7.32 Å². The summed E-state index contributed by atoms with van der Waals surface area (Å²) < 4.78 is 3.96. The standard InChI is InChI=1S/C3H5BO3/c1-2-3-7-4(5)6/h2H,1,3H2/q-2. The zero-order chi connectivity index (χ0) is 5.70. The molecule has 0 amide bonds. The van der Waals surface area contributed by atoms with Gasteiger partial charge in [-0.15, -0.1) is 6.58 Å². The van der Waals surface area contributed by atoms with Crippen LogP contribution in [-0.4, -0.2) is 13.9 Å². The van der Waals surface area contributed by atoms with Gasteiger partial charge in [-0.3, -0.25) is 0 Å². The predicted molar refractivity (Wildman–Crippen MR) is 21.9 cm³/mol. The average Bonchev–Trinajstić information content (AvgIpc) is 1.61. The van der Waals surface area contributed by atoms with Crippen LogP contribution in [0.15, 0.2) is 12.7 Å². The second kappa shape index (κ2) is 3.86. The van der Waals surface area contributed by atoms with E-state index in [0.717, 1.165) is 0 Å². The average molecular weight is 99.9 g/mol. The Morgan fingerprint density at radius 3 is 2.43 bits per heavy atom. The van der Waals surface area contributed by atoms with Crippen LogP contribution in [0.3, 0.4) is 0 Å². The van der Waals surface area contributed by atoms with E-state index in [0.29, 0.717) is 0 Å². The van der Waals surface area contributed by atoms with E-state index in [1.54, 1.807) is 0 Å². The maximum atomic E-state index is 9.46. The zero-order valence-electron chi connectivity index (χ0n) is 3.79. The summed E-state index contributed by atoms with van der Waals surface area (Å²) in [5.74, 6) is 0. The zero-order valence-corrected chi connectivity index (χ0v) is 3.79. The third kappa shape index (κ3) is 5.68. The second-order valence-electron chi connectivity index (χ2n) is 0.911. The summed E-state index contributed by atoms with van der Waals surface area (Å²) in [6.45, 7) is 3.27. The first-order chi connectivity index (χ1) is 3.27. The molecule has 0 aliphatic rings. The number of rotatable bonds is 3. The molecule has 3 nitrogen and oxygen atoms in total. The first kappa shape index (κ1) is 6.68. The van der Waals surface area contributed by atoms with Crippen LogP contribution in [0.2, 0.25) is 0 Å². The van der Waals surface area contributed by atoms with Gasteiger partial charge in [-0.05, 0) is 0 Å². The highest BCUT2D eigenvalue weighted by Crippen LogP contribution is 1.67. The second-order valence-corrected chi connectivity index (χ2v) is 0.911. The van der Waals surface area contributed by atoms with Crippen LogP contribution < -0.4 is 10.0 Å². The van der Waals surface area contributed by atoms with Gasteiger partial charge >= 0.3 is 0 Å². The van der Waals surface area contributed by atoms with Crippen LogP contribution in [0.1, 0.15) is 0 Å². The molecule has 0 saturated heterocycles. The number of hydrogen-bond donors (Lipinski definition) is 0. The van der Waals surface area contributed by atoms with Gasteiger partial charge in [-0.25, -0.2) is 0 Å². The molecule has 0 aliphatic heterocycles. The quantitative estimate of drug-likeness (QED) is 0.301. The summed E-state index contributed by atoms with van der Waals surface area (Å²) in [6.07, 6.45) is 1.35. The molecule has 0 heterocycles. The van der Waals surface area contributed by atoms with Crippen molar-refractivity contribution in [2.24, 2.45) is 0 Å². The highest BCUT2D eigenvalue weighted by Gasteiger charge is 1.70. The molecule has 0 atom stereocenters. The molecule has 0 saturated carbocycles. The summed E-state index contributed by atoms with van der Waals surface area (Å²) in [5, 5.41) is 18.9. The van der Waals surface area contributed by atoms with Crippen LogP contribution in [0, 0.1) is 0 Å². The maximum Gasteiger partial charge on any atom is 0.0608 e. The Morgan fingerprint density at radius 2 is 2.29 bits per heavy atom. The van der Waals surface area contributed by atoms with Crippen LogP contribution >= 0.6 is 0 Å². The highest BCUT2D eigenvalue weighted by molar-refractivity contribution is 6.28. The van der Waals surface area contributed by atoms with Gasteiger partial charge in [0.1, 0.15) is 0 Å². The van der Waals surface area contributed by atoms with Crippen molar-refractivity contribution in [3.05, 3.63) is 12.7 Å². The van der Waals surface area contributed by atoms with Gasteiger partial charge in [-0.1, -0.05) is 6.08 Å². The molecule has 0 aromatic rings. The van der Waals surface area contributed by atoms with Crippen molar-refractivity contribution in [2.75, 3.05) is 6.61 Å². The van der Waals surface area contributed by atoms with Crippen molar-refractivity contribution in [2.45, 2.75) is 0 Å². The fourth-order valence-corrected chi connectivity index (χ4v) is 0.147. The largest absolute Gasteiger partial charge is 0.871 e. The fraction of sp³-hybridized carbons (Fsp3) is 0.333. The van der Waals surface area contributed by atoms with E-state index in [4.69, 9.17) is 0 Å². The first-order valence-electron chi connectivity index (χ1n) is 1.81.